The average Bonchev–Trinajstić information content (AvgIpc) is 2.95. The minimum absolute atomic E-state index is 0.259. The van der Waals surface area contributed by atoms with Crippen molar-refractivity contribution >= 4 is 21.9 Å². The molecule has 0 aliphatic carbocycles. The van der Waals surface area contributed by atoms with E-state index in [1.165, 1.54) is 6.92 Å². The number of halogens is 1. The number of rotatable bonds is 35. The monoisotopic (exact) mass is 650 g/mol. The Morgan fingerprint density at radius 1 is 0.350 bits per heavy atom. The maximum atomic E-state index is 10.6. The lowest BCUT2D eigenvalue weighted by Gasteiger charge is -2.09. The van der Waals surface area contributed by atoms with Gasteiger partial charge in [-0.3, -0.25) is 4.79 Å². The Morgan fingerprint density at radius 3 is 0.700 bits per heavy atom. The number of carbonyl (C=O) groups excluding carboxylic acids is 1. The third-order valence-corrected chi connectivity index (χ3v) is 4.80. The molecule has 240 valence electrons. The van der Waals surface area contributed by atoms with Crippen molar-refractivity contribution < 1.29 is 61.6 Å². The summed E-state index contributed by atoms with van der Waals surface area (Å²) in [7, 11) is 0. The fraction of sp³-hybridized carbons (Fsp3) is 0.962. The summed E-state index contributed by atoms with van der Waals surface area (Å²) < 4.78 is 64.1. The van der Waals surface area contributed by atoms with E-state index in [1.54, 1.807) is 0 Å². The molecule has 0 heterocycles. The summed E-state index contributed by atoms with van der Waals surface area (Å²) in [5.74, 6) is -0.310. The molecule has 0 aliphatic rings. The van der Waals surface area contributed by atoms with Gasteiger partial charge in [0.05, 0.1) is 145 Å². The Morgan fingerprint density at radius 2 is 0.525 bits per heavy atom. The van der Waals surface area contributed by atoms with Gasteiger partial charge in [0.15, 0.2) is 0 Å². The lowest BCUT2D eigenvalue weighted by atomic mass is 10.6. The molecule has 40 heavy (non-hydrogen) atoms. The van der Waals surface area contributed by atoms with Gasteiger partial charge in [-0.05, 0) is 0 Å². The summed E-state index contributed by atoms with van der Waals surface area (Å²) in [6, 6.07) is 0. The van der Waals surface area contributed by atoms with Crippen LogP contribution >= 0.6 is 15.9 Å². The first-order chi connectivity index (χ1) is 19.8. The van der Waals surface area contributed by atoms with Gasteiger partial charge in [0.2, 0.25) is 0 Å². The lowest BCUT2D eigenvalue weighted by molar-refractivity contribution is -0.142. The molecule has 0 aromatic rings. The van der Waals surface area contributed by atoms with Gasteiger partial charge in [-0.15, -0.1) is 0 Å². The number of carbonyl (C=O) groups is 1. The molecule has 0 atom stereocenters. The van der Waals surface area contributed by atoms with Crippen LogP contribution in [0.3, 0.4) is 0 Å². The Bertz CT molecular complexity index is 492. The van der Waals surface area contributed by atoms with Crippen molar-refractivity contribution in [1.82, 2.24) is 0 Å². The van der Waals surface area contributed by atoms with E-state index in [9.17, 15) is 4.79 Å². The summed E-state index contributed by atoms with van der Waals surface area (Å²) in [6.45, 7) is 12.9. The Hall–Kier alpha value is -0.490. The first-order valence-electron chi connectivity index (χ1n) is 13.8. The van der Waals surface area contributed by atoms with E-state index in [4.69, 9.17) is 56.8 Å². The molecule has 0 aliphatic heterocycles. The van der Waals surface area contributed by atoms with Crippen LogP contribution in [0.25, 0.3) is 0 Å². The molecule has 0 saturated heterocycles. The molecule has 0 fully saturated rings. The molecule has 0 N–H and O–H groups in total. The van der Waals surface area contributed by atoms with Crippen LogP contribution in [-0.2, 0) is 61.6 Å². The Kier molecular flexibility index (Phi) is 36.1. The van der Waals surface area contributed by atoms with Gasteiger partial charge in [0.25, 0.3) is 0 Å². The maximum Gasteiger partial charge on any atom is 0.302 e. The number of ether oxygens (including phenoxy) is 12. The molecule has 13 nitrogen and oxygen atoms in total. The van der Waals surface area contributed by atoms with Gasteiger partial charge in [-0.2, -0.15) is 0 Å². The number of hydrogen-bond donors (Lipinski definition) is 0. The SMILES string of the molecule is CC(=O)OCCOCCOCCOCCOCCOCCOCCOCCOCCOCCOCCOCCBr. The smallest absolute Gasteiger partial charge is 0.302 e. The third-order valence-electron chi connectivity index (χ3n) is 4.47. The summed E-state index contributed by atoms with van der Waals surface area (Å²) in [5, 5.41) is 0.835. The molecule has 0 unspecified atom stereocenters. The van der Waals surface area contributed by atoms with E-state index < -0.39 is 0 Å². The van der Waals surface area contributed by atoms with Crippen LogP contribution in [0.1, 0.15) is 6.92 Å². The highest BCUT2D eigenvalue weighted by Gasteiger charge is 1.97. The van der Waals surface area contributed by atoms with Crippen LogP contribution in [0.4, 0.5) is 0 Å². The molecule has 0 amide bonds. The second kappa shape index (κ2) is 36.5. The van der Waals surface area contributed by atoms with Gasteiger partial charge in [0, 0.05) is 12.3 Å². The van der Waals surface area contributed by atoms with Gasteiger partial charge in [-0.1, -0.05) is 15.9 Å². The zero-order valence-electron chi connectivity index (χ0n) is 24.2. The van der Waals surface area contributed by atoms with Crippen molar-refractivity contribution in [2.75, 3.05) is 157 Å². The van der Waals surface area contributed by atoms with Crippen molar-refractivity contribution in [1.29, 1.82) is 0 Å². The molecule has 0 spiro atoms. The lowest BCUT2D eigenvalue weighted by Crippen LogP contribution is -2.15. The molecular weight excluding hydrogens is 600 g/mol. The zero-order valence-corrected chi connectivity index (χ0v) is 25.7. The van der Waals surface area contributed by atoms with E-state index in [-0.39, 0.29) is 12.6 Å². The highest BCUT2D eigenvalue weighted by molar-refractivity contribution is 9.09. The van der Waals surface area contributed by atoms with Crippen molar-refractivity contribution in [3.8, 4) is 0 Å². The van der Waals surface area contributed by atoms with Crippen LogP contribution in [-0.4, -0.2) is 163 Å². The summed E-state index contributed by atoms with van der Waals surface area (Å²) in [4.78, 5) is 10.6. The Labute approximate surface area is 247 Å². The molecule has 0 aromatic heterocycles. The molecular formula is C26H51BrO13. The summed E-state index contributed by atoms with van der Waals surface area (Å²) in [5.41, 5.74) is 0. The average molecular weight is 652 g/mol. The van der Waals surface area contributed by atoms with E-state index in [1.807, 2.05) is 0 Å². The van der Waals surface area contributed by atoms with Crippen LogP contribution in [0.5, 0.6) is 0 Å². The first kappa shape index (κ1) is 39.5. The maximum absolute atomic E-state index is 10.6. The molecule has 0 radical (unpaired) electrons. The highest BCUT2D eigenvalue weighted by Crippen LogP contribution is 1.87. The van der Waals surface area contributed by atoms with E-state index in [2.05, 4.69) is 15.9 Å². The third kappa shape index (κ3) is 37.5. The van der Waals surface area contributed by atoms with E-state index >= 15 is 0 Å². The van der Waals surface area contributed by atoms with Gasteiger partial charge >= 0.3 is 5.97 Å². The van der Waals surface area contributed by atoms with Crippen molar-refractivity contribution in [2.24, 2.45) is 0 Å². The molecule has 0 saturated carbocycles. The topological polar surface area (TPSA) is 128 Å². The minimum atomic E-state index is -0.310. The predicted molar refractivity (Wildman–Crippen MR) is 149 cm³/mol. The summed E-state index contributed by atoms with van der Waals surface area (Å²) >= 11 is 3.30. The van der Waals surface area contributed by atoms with E-state index in [0.717, 1.165) is 5.33 Å². The number of esters is 1. The van der Waals surface area contributed by atoms with Gasteiger partial charge in [-0.25, -0.2) is 0 Å². The minimum Gasteiger partial charge on any atom is -0.463 e. The fourth-order valence-corrected chi connectivity index (χ4v) is 2.83. The second-order valence-corrected chi connectivity index (χ2v) is 8.56. The first-order valence-corrected chi connectivity index (χ1v) is 14.9. The molecule has 0 aromatic carbocycles. The van der Waals surface area contributed by atoms with Gasteiger partial charge < -0.3 is 56.8 Å². The molecule has 0 bridgehead atoms. The quantitative estimate of drug-likeness (QED) is 0.0553. The molecule has 14 heteroatoms. The predicted octanol–water partition coefficient (Wildman–Crippen LogP) is 1.13. The van der Waals surface area contributed by atoms with Crippen LogP contribution in [0.2, 0.25) is 0 Å². The zero-order chi connectivity index (χ0) is 29.0. The second-order valence-electron chi connectivity index (χ2n) is 7.77. The van der Waals surface area contributed by atoms with Crippen LogP contribution < -0.4 is 0 Å². The number of hydrogen-bond acceptors (Lipinski definition) is 13. The summed E-state index contributed by atoms with van der Waals surface area (Å²) in [6.07, 6.45) is 0. The fourth-order valence-electron chi connectivity index (χ4n) is 2.60. The van der Waals surface area contributed by atoms with Gasteiger partial charge in [0.1, 0.15) is 6.61 Å². The Balaban J connectivity index is 3.03. The largest absolute Gasteiger partial charge is 0.463 e. The van der Waals surface area contributed by atoms with Crippen LogP contribution in [0.15, 0.2) is 0 Å². The normalized spacial score (nSPS) is 11.3. The number of alkyl halides is 1. The van der Waals surface area contributed by atoms with Crippen LogP contribution in [0, 0.1) is 0 Å². The van der Waals surface area contributed by atoms with Crippen molar-refractivity contribution in [3.05, 3.63) is 0 Å². The van der Waals surface area contributed by atoms with E-state index in [0.29, 0.717) is 145 Å². The van der Waals surface area contributed by atoms with Crippen molar-refractivity contribution in [3.63, 3.8) is 0 Å². The highest BCUT2D eigenvalue weighted by atomic mass is 79.9. The molecule has 0 rings (SSSR count). The standard InChI is InChI=1S/C26H51BrO13/c1-26(28)40-25-24-39-23-22-38-21-20-37-19-18-36-17-16-35-15-14-34-13-12-33-11-10-32-9-8-31-7-6-30-5-4-29-3-2-27/h2-25H2,1H3. The van der Waals surface area contributed by atoms with Crippen molar-refractivity contribution in [2.45, 2.75) is 6.92 Å².